The molecule has 4 heteroatoms. The molecule has 0 saturated carbocycles. The lowest BCUT2D eigenvalue weighted by Gasteiger charge is -2.18. The van der Waals surface area contributed by atoms with Crippen LogP contribution < -0.4 is 11.1 Å². The lowest BCUT2D eigenvalue weighted by Crippen LogP contribution is -2.26. The summed E-state index contributed by atoms with van der Waals surface area (Å²) >= 11 is 0. The molecule has 1 aromatic heterocycles. The molecule has 20 heavy (non-hydrogen) atoms. The zero-order valence-corrected chi connectivity index (χ0v) is 11.5. The maximum atomic E-state index is 5.92. The van der Waals surface area contributed by atoms with E-state index in [9.17, 15) is 0 Å². The average molecular weight is 268 g/mol. The molecule has 0 aliphatic carbocycles. The molecule has 0 bridgehead atoms. The molecule has 1 aliphatic heterocycles. The highest BCUT2D eigenvalue weighted by Crippen LogP contribution is 2.21. The first kappa shape index (κ1) is 12.9. The van der Waals surface area contributed by atoms with Gasteiger partial charge in [-0.3, -0.25) is 9.88 Å². The summed E-state index contributed by atoms with van der Waals surface area (Å²) in [7, 11) is 0. The van der Waals surface area contributed by atoms with Crippen LogP contribution in [0.1, 0.15) is 12.0 Å². The molecule has 3 N–H and O–H groups in total. The van der Waals surface area contributed by atoms with Gasteiger partial charge in [-0.25, -0.2) is 0 Å². The number of rotatable bonds is 4. The van der Waals surface area contributed by atoms with E-state index in [1.54, 1.807) is 12.4 Å². The molecule has 104 valence electrons. The van der Waals surface area contributed by atoms with E-state index in [1.165, 1.54) is 5.56 Å². The maximum Gasteiger partial charge on any atom is 0.0736 e. The second-order valence-corrected chi connectivity index (χ2v) is 5.31. The molecule has 1 unspecified atom stereocenters. The summed E-state index contributed by atoms with van der Waals surface area (Å²) in [5.41, 5.74) is 9.00. The molecule has 1 fully saturated rings. The van der Waals surface area contributed by atoms with Crippen LogP contribution in [0, 0.1) is 0 Å². The molecule has 2 aromatic rings. The number of pyridine rings is 1. The van der Waals surface area contributed by atoms with Gasteiger partial charge < -0.3 is 11.1 Å². The van der Waals surface area contributed by atoms with Gasteiger partial charge in [-0.2, -0.15) is 0 Å². The van der Waals surface area contributed by atoms with Crippen molar-refractivity contribution in [2.75, 3.05) is 24.1 Å². The van der Waals surface area contributed by atoms with Crippen molar-refractivity contribution < 1.29 is 0 Å². The number of nitrogens with one attached hydrogen (secondary N) is 1. The highest BCUT2D eigenvalue weighted by Gasteiger charge is 2.22. The van der Waals surface area contributed by atoms with Gasteiger partial charge in [-0.05, 0) is 18.1 Å². The molecule has 1 saturated heterocycles. The van der Waals surface area contributed by atoms with Crippen LogP contribution in [0.2, 0.25) is 0 Å². The van der Waals surface area contributed by atoms with Crippen LogP contribution >= 0.6 is 0 Å². The lowest BCUT2D eigenvalue weighted by molar-refractivity contribution is 0.328. The summed E-state index contributed by atoms with van der Waals surface area (Å²) in [6.07, 6.45) is 4.61. The quantitative estimate of drug-likeness (QED) is 0.893. The smallest absolute Gasteiger partial charge is 0.0736 e. The Morgan fingerprint density at radius 1 is 1.25 bits per heavy atom. The van der Waals surface area contributed by atoms with Crippen LogP contribution in [-0.2, 0) is 6.54 Å². The van der Waals surface area contributed by atoms with Gasteiger partial charge in [0.1, 0.15) is 0 Å². The third-order valence-electron chi connectivity index (χ3n) is 3.73. The van der Waals surface area contributed by atoms with Gasteiger partial charge >= 0.3 is 0 Å². The van der Waals surface area contributed by atoms with Crippen molar-refractivity contribution in [2.24, 2.45) is 0 Å². The van der Waals surface area contributed by atoms with E-state index in [0.29, 0.717) is 11.7 Å². The fourth-order valence-corrected chi connectivity index (χ4v) is 2.69. The van der Waals surface area contributed by atoms with Gasteiger partial charge in [0.2, 0.25) is 0 Å². The summed E-state index contributed by atoms with van der Waals surface area (Å²) in [4.78, 5) is 6.49. The van der Waals surface area contributed by atoms with E-state index in [2.05, 4.69) is 45.5 Å². The topological polar surface area (TPSA) is 54.2 Å². The predicted octanol–water partition coefficient (Wildman–Crippen LogP) is 2.35. The zero-order chi connectivity index (χ0) is 13.8. The number of benzene rings is 1. The number of nitrogen functional groups attached to an aromatic ring is 1. The Labute approximate surface area is 119 Å². The van der Waals surface area contributed by atoms with E-state index in [-0.39, 0.29) is 0 Å². The Bertz CT molecular complexity index is 555. The number of nitrogens with two attached hydrogens (primary N) is 1. The minimum absolute atomic E-state index is 0.461. The van der Waals surface area contributed by atoms with Gasteiger partial charge in [0.15, 0.2) is 0 Å². The molecule has 1 atom stereocenters. The molecule has 0 radical (unpaired) electrons. The number of nitrogens with zero attached hydrogens (tertiary/aromatic N) is 2. The fourth-order valence-electron chi connectivity index (χ4n) is 2.69. The molecule has 2 heterocycles. The summed E-state index contributed by atoms with van der Waals surface area (Å²) in [6, 6.07) is 13.0. The van der Waals surface area contributed by atoms with Gasteiger partial charge in [0, 0.05) is 31.9 Å². The van der Waals surface area contributed by atoms with Crippen LogP contribution in [0.15, 0.2) is 48.8 Å². The molecule has 0 spiro atoms. The van der Waals surface area contributed by atoms with E-state index in [0.717, 1.165) is 31.7 Å². The molecular formula is C16H20N4. The number of anilines is 2. The van der Waals surface area contributed by atoms with E-state index >= 15 is 0 Å². The van der Waals surface area contributed by atoms with E-state index in [4.69, 9.17) is 5.73 Å². The molecule has 1 aliphatic rings. The van der Waals surface area contributed by atoms with Crippen LogP contribution in [0.3, 0.4) is 0 Å². The van der Waals surface area contributed by atoms with Crippen molar-refractivity contribution in [2.45, 2.75) is 19.0 Å². The minimum atomic E-state index is 0.461. The highest BCUT2D eigenvalue weighted by atomic mass is 15.2. The van der Waals surface area contributed by atoms with Gasteiger partial charge in [0.05, 0.1) is 17.6 Å². The second-order valence-electron chi connectivity index (χ2n) is 5.31. The Balaban J connectivity index is 1.56. The summed E-state index contributed by atoms with van der Waals surface area (Å²) in [5, 5.41) is 3.52. The van der Waals surface area contributed by atoms with Gasteiger partial charge in [0.25, 0.3) is 0 Å². The Morgan fingerprint density at radius 2 is 2.10 bits per heavy atom. The predicted molar refractivity (Wildman–Crippen MR) is 82.4 cm³/mol. The van der Waals surface area contributed by atoms with Crippen molar-refractivity contribution in [1.29, 1.82) is 0 Å². The highest BCUT2D eigenvalue weighted by molar-refractivity contribution is 5.64. The Hall–Kier alpha value is -2.07. The Kier molecular flexibility index (Phi) is 3.83. The minimum Gasteiger partial charge on any atom is -0.396 e. The molecule has 0 amide bonds. The largest absolute Gasteiger partial charge is 0.396 e. The number of hydrogen-bond acceptors (Lipinski definition) is 4. The van der Waals surface area contributed by atoms with Crippen LogP contribution in [-0.4, -0.2) is 29.0 Å². The Morgan fingerprint density at radius 3 is 2.90 bits per heavy atom. The molecule has 1 aromatic carbocycles. The monoisotopic (exact) mass is 268 g/mol. The first-order valence-electron chi connectivity index (χ1n) is 7.03. The third kappa shape index (κ3) is 3.08. The van der Waals surface area contributed by atoms with Crippen LogP contribution in [0.4, 0.5) is 11.4 Å². The normalized spacial score (nSPS) is 19.1. The number of hydrogen-bond donors (Lipinski definition) is 2. The molecule has 3 rings (SSSR count). The SMILES string of the molecule is Nc1cnccc1NC1CCN(Cc2ccccc2)C1. The fraction of sp³-hybridized carbons (Fsp3) is 0.312. The summed E-state index contributed by atoms with van der Waals surface area (Å²) in [5.74, 6) is 0. The van der Waals surface area contributed by atoms with Crippen molar-refractivity contribution >= 4 is 11.4 Å². The first-order chi connectivity index (χ1) is 9.81. The van der Waals surface area contributed by atoms with E-state index < -0.39 is 0 Å². The molecule has 4 nitrogen and oxygen atoms in total. The maximum absolute atomic E-state index is 5.92. The van der Waals surface area contributed by atoms with Crippen LogP contribution in [0.5, 0.6) is 0 Å². The average Bonchev–Trinajstić information content (AvgIpc) is 2.90. The van der Waals surface area contributed by atoms with Crippen molar-refractivity contribution in [1.82, 2.24) is 9.88 Å². The van der Waals surface area contributed by atoms with Gasteiger partial charge in [-0.15, -0.1) is 0 Å². The van der Waals surface area contributed by atoms with Crippen LogP contribution in [0.25, 0.3) is 0 Å². The standard InChI is InChI=1S/C16H20N4/c17-15-10-18-8-6-16(15)19-14-7-9-20(12-14)11-13-4-2-1-3-5-13/h1-6,8,10,14H,7,9,11-12,17H2,(H,18,19). The lowest BCUT2D eigenvalue weighted by atomic mass is 10.2. The molecular weight excluding hydrogens is 248 g/mol. The third-order valence-corrected chi connectivity index (χ3v) is 3.73. The number of likely N-dealkylation sites (tertiary alicyclic amines) is 1. The zero-order valence-electron chi connectivity index (χ0n) is 11.5. The second kappa shape index (κ2) is 5.92. The van der Waals surface area contributed by atoms with E-state index in [1.807, 2.05) is 6.07 Å². The summed E-state index contributed by atoms with van der Waals surface area (Å²) in [6.45, 7) is 3.19. The van der Waals surface area contributed by atoms with Crippen molar-refractivity contribution in [3.8, 4) is 0 Å². The summed E-state index contributed by atoms with van der Waals surface area (Å²) < 4.78 is 0. The van der Waals surface area contributed by atoms with Crippen molar-refractivity contribution in [3.63, 3.8) is 0 Å². The van der Waals surface area contributed by atoms with Crippen molar-refractivity contribution in [3.05, 3.63) is 54.4 Å². The van der Waals surface area contributed by atoms with Gasteiger partial charge in [-0.1, -0.05) is 30.3 Å². The first-order valence-corrected chi connectivity index (χ1v) is 7.03. The number of aromatic nitrogens is 1.